The van der Waals surface area contributed by atoms with Gasteiger partial charge < -0.3 is 14.6 Å². The number of nitrogens with zero attached hydrogens (tertiary/aromatic N) is 4. The van der Waals surface area contributed by atoms with Gasteiger partial charge in [-0.2, -0.15) is 0 Å². The Balaban J connectivity index is 1.45. The molecular formula is C20H23N5O. The number of fused-ring (bicyclic) bond motifs is 1. The first kappa shape index (κ1) is 16.6. The summed E-state index contributed by atoms with van der Waals surface area (Å²) in [6, 6.07) is 7.47. The number of pyridine rings is 2. The zero-order chi connectivity index (χ0) is 18.1. The predicted molar refractivity (Wildman–Crippen MR) is 103 cm³/mol. The van der Waals surface area contributed by atoms with Gasteiger partial charge in [-0.15, -0.1) is 0 Å². The van der Waals surface area contributed by atoms with E-state index in [1.807, 2.05) is 35.9 Å². The van der Waals surface area contributed by atoms with Crippen molar-refractivity contribution in [3.8, 4) is 0 Å². The molecule has 0 bridgehead atoms. The molecule has 3 aromatic rings. The van der Waals surface area contributed by atoms with Crippen LogP contribution in [0.25, 0.3) is 5.65 Å². The van der Waals surface area contributed by atoms with Crippen molar-refractivity contribution in [3.05, 3.63) is 54.1 Å². The van der Waals surface area contributed by atoms with Crippen molar-refractivity contribution in [1.29, 1.82) is 0 Å². The number of amides is 1. The summed E-state index contributed by atoms with van der Waals surface area (Å²) in [5.41, 5.74) is 2.97. The van der Waals surface area contributed by atoms with Crippen LogP contribution in [0.15, 0.2) is 42.9 Å². The molecule has 0 saturated carbocycles. The van der Waals surface area contributed by atoms with Crippen molar-refractivity contribution in [1.82, 2.24) is 14.4 Å². The second-order valence-electron chi connectivity index (χ2n) is 7.09. The zero-order valence-electron chi connectivity index (χ0n) is 15.1. The average Bonchev–Trinajstić information content (AvgIpc) is 3.02. The Kier molecular flexibility index (Phi) is 4.32. The number of aromatic nitrogens is 3. The first-order valence-corrected chi connectivity index (χ1v) is 9.06. The van der Waals surface area contributed by atoms with Gasteiger partial charge in [0.05, 0.1) is 17.6 Å². The monoisotopic (exact) mass is 349 g/mol. The Hall–Kier alpha value is -2.89. The predicted octanol–water partition coefficient (Wildman–Crippen LogP) is 3.53. The van der Waals surface area contributed by atoms with Crippen molar-refractivity contribution in [3.63, 3.8) is 0 Å². The number of hydrogen-bond donors (Lipinski definition) is 1. The van der Waals surface area contributed by atoms with Crippen LogP contribution in [0, 0.1) is 12.8 Å². The number of hydrogen-bond acceptors (Lipinski definition) is 4. The minimum Gasteiger partial charge on any atom is -0.357 e. The molecule has 1 aliphatic rings. The smallest absolute Gasteiger partial charge is 0.255 e. The maximum Gasteiger partial charge on any atom is 0.255 e. The van der Waals surface area contributed by atoms with Crippen LogP contribution in [0.4, 0.5) is 11.5 Å². The molecule has 0 atom stereocenters. The van der Waals surface area contributed by atoms with Crippen LogP contribution in [0.5, 0.6) is 0 Å². The number of aryl methyl sites for hydroxylation is 1. The summed E-state index contributed by atoms with van der Waals surface area (Å²) in [4.78, 5) is 23.7. The lowest BCUT2D eigenvalue weighted by molar-refractivity contribution is 0.102. The van der Waals surface area contributed by atoms with Gasteiger partial charge >= 0.3 is 0 Å². The zero-order valence-corrected chi connectivity index (χ0v) is 15.1. The fourth-order valence-electron chi connectivity index (χ4n) is 3.34. The molecule has 1 fully saturated rings. The molecule has 0 spiro atoms. The molecular weight excluding hydrogens is 326 g/mol. The molecule has 3 aromatic heterocycles. The Morgan fingerprint density at radius 2 is 2.04 bits per heavy atom. The van der Waals surface area contributed by atoms with Crippen LogP contribution < -0.4 is 10.2 Å². The number of anilines is 2. The highest BCUT2D eigenvalue weighted by Crippen LogP contribution is 2.22. The van der Waals surface area contributed by atoms with E-state index in [4.69, 9.17) is 0 Å². The number of nitrogens with one attached hydrogen (secondary N) is 1. The van der Waals surface area contributed by atoms with Gasteiger partial charge in [-0.25, -0.2) is 9.97 Å². The van der Waals surface area contributed by atoms with Crippen LogP contribution >= 0.6 is 0 Å². The summed E-state index contributed by atoms with van der Waals surface area (Å²) >= 11 is 0. The first-order chi connectivity index (χ1) is 12.6. The van der Waals surface area contributed by atoms with E-state index >= 15 is 0 Å². The maximum atomic E-state index is 12.5. The molecule has 0 aromatic carbocycles. The molecule has 0 unspecified atom stereocenters. The van der Waals surface area contributed by atoms with Crippen LogP contribution in [-0.4, -0.2) is 33.4 Å². The third-order valence-corrected chi connectivity index (χ3v) is 4.96. The van der Waals surface area contributed by atoms with Crippen LogP contribution in [0.1, 0.15) is 35.8 Å². The van der Waals surface area contributed by atoms with Gasteiger partial charge in [0, 0.05) is 31.0 Å². The Labute approximate surface area is 152 Å². The largest absolute Gasteiger partial charge is 0.357 e. The number of piperidine rings is 1. The van der Waals surface area contributed by atoms with Crippen molar-refractivity contribution in [2.45, 2.75) is 26.7 Å². The molecule has 0 aliphatic carbocycles. The van der Waals surface area contributed by atoms with Gasteiger partial charge in [-0.05, 0) is 49.9 Å². The van der Waals surface area contributed by atoms with Gasteiger partial charge in [0.1, 0.15) is 11.5 Å². The summed E-state index contributed by atoms with van der Waals surface area (Å²) in [5, 5.41) is 2.91. The molecule has 1 N–H and O–H groups in total. The normalized spacial score (nSPS) is 15.4. The van der Waals surface area contributed by atoms with E-state index in [0.29, 0.717) is 11.3 Å². The molecule has 1 amide bonds. The third-order valence-electron chi connectivity index (χ3n) is 4.96. The minimum absolute atomic E-state index is 0.158. The standard InChI is InChI=1S/C20H23N5O/c1-14-5-8-24(9-6-14)18-4-3-17(12-21-18)23-20(26)16-7-10-25-13-15(2)22-19(25)11-16/h3-4,7,10-14H,5-6,8-9H2,1-2H3,(H,23,26). The lowest BCUT2D eigenvalue weighted by atomic mass is 9.99. The lowest BCUT2D eigenvalue weighted by Crippen LogP contribution is -2.33. The highest BCUT2D eigenvalue weighted by Gasteiger charge is 2.17. The van der Waals surface area contributed by atoms with E-state index in [-0.39, 0.29) is 5.91 Å². The molecule has 1 saturated heterocycles. The van der Waals surface area contributed by atoms with Crippen LogP contribution in [0.3, 0.4) is 0 Å². The molecule has 134 valence electrons. The topological polar surface area (TPSA) is 62.5 Å². The summed E-state index contributed by atoms with van der Waals surface area (Å²) in [6.45, 7) is 6.32. The molecule has 4 heterocycles. The Morgan fingerprint density at radius 1 is 1.23 bits per heavy atom. The second kappa shape index (κ2) is 6.78. The van der Waals surface area contributed by atoms with Gasteiger partial charge in [-0.1, -0.05) is 6.92 Å². The van der Waals surface area contributed by atoms with Gasteiger partial charge in [0.25, 0.3) is 5.91 Å². The van der Waals surface area contributed by atoms with E-state index in [2.05, 4.69) is 27.1 Å². The Morgan fingerprint density at radius 3 is 2.77 bits per heavy atom. The summed E-state index contributed by atoms with van der Waals surface area (Å²) in [7, 11) is 0. The molecule has 6 nitrogen and oxygen atoms in total. The van der Waals surface area contributed by atoms with Gasteiger partial charge in [0.15, 0.2) is 0 Å². The third kappa shape index (κ3) is 3.40. The van der Waals surface area contributed by atoms with E-state index < -0.39 is 0 Å². The molecule has 4 rings (SSSR count). The quantitative estimate of drug-likeness (QED) is 0.786. The van der Waals surface area contributed by atoms with Crippen molar-refractivity contribution < 1.29 is 4.79 Å². The van der Waals surface area contributed by atoms with E-state index in [1.54, 1.807) is 18.3 Å². The molecule has 0 radical (unpaired) electrons. The number of rotatable bonds is 3. The second-order valence-corrected chi connectivity index (χ2v) is 7.09. The minimum atomic E-state index is -0.158. The molecule has 26 heavy (non-hydrogen) atoms. The molecule has 6 heteroatoms. The van der Waals surface area contributed by atoms with Gasteiger partial charge in [0.2, 0.25) is 0 Å². The first-order valence-electron chi connectivity index (χ1n) is 9.06. The summed E-state index contributed by atoms with van der Waals surface area (Å²) in [6.07, 6.45) is 7.92. The van der Waals surface area contributed by atoms with Crippen LogP contribution in [0.2, 0.25) is 0 Å². The SMILES string of the molecule is Cc1cn2ccc(C(=O)Nc3ccc(N4CCC(C)CC4)nc3)cc2n1. The van der Waals surface area contributed by atoms with E-state index in [1.165, 1.54) is 12.8 Å². The number of carbonyl (C=O) groups is 1. The van der Waals surface area contributed by atoms with Gasteiger partial charge in [-0.3, -0.25) is 4.79 Å². The Bertz CT molecular complexity index is 923. The fourth-order valence-corrected chi connectivity index (χ4v) is 3.34. The summed E-state index contributed by atoms with van der Waals surface area (Å²) in [5.74, 6) is 1.61. The number of carbonyl (C=O) groups excluding carboxylic acids is 1. The van der Waals surface area contributed by atoms with Crippen molar-refractivity contribution in [2.75, 3.05) is 23.3 Å². The maximum absolute atomic E-state index is 12.5. The highest BCUT2D eigenvalue weighted by molar-refractivity contribution is 6.04. The van der Waals surface area contributed by atoms with Crippen LogP contribution in [-0.2, 0) is 0 Å². The average molecular weight is 349 g/mol. The van der Waals surface area contributed by atoms with Crippen molar-refractivity contribution >= 4 is 23.1 Å². The molecule has 1 aliphatic heterocycles. The van der Waals surface area contributed by atoms with E-state index in [0.717, 1.165) is 36.2 Å². The van der Waals surface area contributed by atoms with E-state index in [9.17, 15) is 4.79 Å². The fraction of sp³-hybridized carbons (Fsp3) is 0.350. The highest BCUT2D eigenvalue weighted by atomic mass is 16.1. The van der Waals surface area contributed by atoms with Crippen molar-refractivity contribution in [2.24, 2.45) is 5.92 Å². The number of imidazole rings is 1. The lowest BCUT2D eigenvalue weighted by Gasteiger charge is -2.31. The summed E-state index contributed by atoms with van der Waals surface area (Å²) < 4.78 is 1.90.